The van der Waals surface area contributed by atoms with Gasteiger partial charge in [-0.05, 0) is 6.07 Å². The Kier molecular flexibility index (Phi) is 5.20. The van der Waals surface area contributed by atoms with Gasteiger partial charge in [-0.2, -0.15) is 0 Å². The predicted octanol–water partition coefficient (Wildman–Crippen LogP) is 6.64. The number of rotatable bonds is 1. The zero-order valence-electron chi connectivity index (χ0n) is 6.72. The second-order valence-electron chi connectivity index (χ2n) is 2.42. The van der Waals surface area contributed by atoms with E-state index in [2.05, 4.69) is 0 Å². The molecule has 7 heteroatoms. The lowest BCUT2D eigenvalue weighted by Crippen LogP contribution is -1.84. The minimum Gasteiger partial charge on any atom is -0.0826 e. The Labute approximate surface area is 122 Å². The summed E-state index contributed by atoms with van der Waals surface area (Å²) in [6, 6.07) is 1.44. The van der Waals surface area contributed by atoms with E-state index in [1.165, 1.54) is 6.07 Å². The molecule has 0 N–H and O–H groups in total. The van der Waals surface area contributed by atoms with Crippen molar-refractivity contribution in [3.8, 4) is 0 Å². The van der Waals surface area contributed by atoms with Crippen LogP contribution in [0.4, 0.5) is 0 Å². The van der Waals surface area contributed by atoms with Gasteiger partial charge in [-0.3, -0.25) is 0 Å². The largest absolute Gasteiger partial charge is 0.126 e. The highest BCUT2D eigenvalue weighted by atomic mass is 35.5. The van der Waals surface area contributed by atoms with Gasteiger partial charge < -0.3 is 0 Å². The predicted molar refractivity (Wildman–Crippen MR) is 71.0 cm³/mol. The molecule has 15 heavy (non-hydrogen) atoms. The Morgan fingerprint density at radius 2 is 1.33 bits per heavy atom. The van der Waals surface area contributed by atoms with Crippen molar-refractivity contribution < 1.29 is 0 Å². The fourth-order valence-electron chi connectivity index (χ4n) is 0.834. The van der Waals surface area contributed by atoms with Crippen LogP contribution < -0.4 is 0 Å². The second kappa shape index (κ2) is 5.55. The van der Waals surface area contributed by atoms with Crippen molar-refractivity contribution in [2.24, 2.45) is 0 Å². The summed E-state index contributed by atoms with van der Waals surface area (Å²) in [6.07, 6.45) is 0. The van der Waals surface area contributed by atoms with Crippen molar-refractivity contribution >= 4 is 86.2 Å². The van der Waals surface area contributed by atoms with Crippen LogP contribution in [0.25, 0.3) is 5.03 Å². The molecule has 0 fully saturated rings. The monoisotopic (exact) mass is 342 g/mol. The molecule has 0 aliphatic rings. The third-order valence-electron chi connectivity index (χ3n) is 1.51. The third-order valence-corrected chi connectivity index (χ3v) is 4.22. The molecular formula is C8HCl7. The summed E-state index contributed by atoms with van der Waals surface area (Å²) in [7, 11) is 0. The molecule has 0 aliphatic carbocycles. The van der Waals surface area contributed by atoms with Gasteiger partial charge in [-0.25, -0.2) is 0 Å². The molecule has 0 heterocycles. The van der Waals surface area contributed by atoms with Crippen molar-refractivity contribution in [1.82, 2.24) is 0 Å². The van der Waals surface area contributed by atoms with Crippen molar-refractivity contribution in [2.75, 3.05) is 0 Å². The van der Waals surface area contributed by atoms with E-state index in [0.29, 0.717) is 5.56 Å². The number of halogens is 7. The minimum absolute atomic E-state index is 0.0591. The number of hydrogen-bond donors (Lipinski definition) is 0. The number of hydrogen-bond acceptors (Lipinski definition) is 0. The highest BCUT2D eigenvalue weighted by Gasteiger charge is 2.16. The molecule has 0 aliphatic heterocycles. The van der Waals surface area contributed by atoms with E-state index in [4.69, 9.17) is 81.2 Å². The molecule has 0 saturated heterocycles. The average Bonchev–Trinajstić information content (AvgIpc) is 2.19. The van der Waals surface area contributed by atoms with E-state index in [-0.39, 0.29) is 29.6 Å². The summed E-state index contributed by atoms with van der Waals surface area (Å²) >= 11 is 40.1. The molecule has 1 aromatic carbocycles. The van der Waals surface area contributed by atoms with E-state index in [9.17, 15) is 0 Å². The number of benzene rings is 1. The molecule has 0 amide bonds. The van der Waals surface area contributed by atoms with Crippen LogP contribution in [-0.2, 0) is 0 Å². The third kappa shape index (κ3) is 3.01. The van der Waals surface area contributed by atoms with Crippen molar-refractivity contribution in [2.45, 2.75) is 0 Å². The summed E-state index contributed by atoms with van der Waals surface area (Å²) in [6.45, 7) is 0. The van der Waals surface area contributed by atoms with E-state index in [1.54, 1.807) is 0 Å². The molecule has 1 rings (SSSR count). The van der Waals surface area contributed by atoms with Crippen LogP contribution in [0.2, 0.25) is 20.1 Å². The van der Waals surface area contributed by atoms with Gasteiger partial charge in [-0.15, -0.1) is 0 Å². The van der Waals surface area contributed by atoms with Crippen LogP contribution in [-0.4, -0.2) is 0 Å². The Morgan fingerprint density at radius 1 is 0.800 bits per heavy atom. The molecule has 82 valence electrons. The molecule has 0 saturated carbocycles. The fourth-order valence-corrected chi connectivity index (χ4v) is 2.13. The first-order valence-electron chi connectivity index (χ1n) is 3.40. The molecule has 0 unspecified atom stereocenters. The van der Waals surface area contributed by atoms with Gasteiger partial charge in [0.25, 0.3) is 0 Å². The molecule has 0 aromatic heterocycles. The zero-order chi connectivity index (χ0) is 11.7. The molecule has 0 atom stereocenters. The lowest BCUT2D eigenvalue weighted by molar-refractivity contribution is 1.64. The highest BCUT2D eigenvalue weighted by Crippen LogP contribution is 2.43. The van der Waals surface area contributed by atoms with Gasteiger partial charge in [0.05, 0.1) is 25.1 Å². The van der Waals surface area contributed by atoms with E-state index in [1.807, 2.05) is 0 Å². The van der Waals surface area contributed by atoms with Gasteiger partial charge in [-0.1, -0.05) is 81.2 Å². The molecular weight excluding hydrogens is 344 g/mol. The highest BCUT2D eigenvalue weighted by molar-refractivity contribution is 6.67. The van der Waals surface area contributed by atoms with Gasteiger partial charge in [0.1, 0.15) is 4.49 Å². The fraction of sp³-hybridized carbons (Fsp3) is 0. The van der Waals surface area contributed by atoms with Crippen LogP contribution in [0.3, 0.4) is 0 Å². The van der Waals surface area contributed by atoms with Crippen LogP contribution in [0.1, 0.15) is 5.56 Å². The maximum absolute atomic E-state index is 5.90. The van der Waals surface area contributed by atoms with Gasteiger partial charge in [0, 0.05) is 5.56 Å². The first kappa shape index (κ1) is 14.1. The Bertz CT molecular complexity index is 431. The lowest BCUT2D eigenvalue weighted by Gasteiger charge is -2.08. The molecule has 0 nitrogen and oxygen atoms in total. The van der Waals surface area contributed by atoms with Crippen molar-refractivity contribution in [3.63, 3.8) is 0 Å². The van der Waals surface area contributed by atoms with E-state index >= 15 is 0 Å². The molecule has 0 bridgehead atoms. The normalized spacial score (nSPS) is 10.3. The maximum atomic E-state index is 5.90. The average molecular weight is 345 g/mol. The van der Waals surface area contributed by atoms with Gasteiger partial charge >= 0.3 is 0 Å². The van der Waals surface area contributed by atoms with Crippen molar-refractivity contribution in [1.29, 1.82) is 0 Å². The molecule has 0 spiro atoms. The first-order chi connectivity index (χ1) is 6.86. The summed E-state index contributed by atoms with van der Waals surface area (Å²) in [4.78, 5) is 0. The summed E-state index contributed by atoms with van der Waals surface area (Å²) in [5, 5.41) is 0.684. The Hall–Kier alpha value is 0.990. The maximum Gasteiger partial charge on any atom is 0.126 e. The van der Waals surface area contributed by atoms with Crippen LogP contribution in [0.5, 0.6) is 0 Å². The summed E-state index contributed by atoms with van der Waals surface area (Å²) < 4.78 is -0.131. The van der Waals surface area contributed by atoms with E-state index < -0.39 is 0 Å². The lowest BCUT2D eigenvalue weighted by atomic mass is 10.2. The van der Waals surface area contributed by atoms with Crippen LogP contribution >= 0.6 is 81.2 Å². The Balaban J connectivity index is 3.53. The zero-order valence-corrected chi connectivity index (χ0v) is 12.0. The molecule has 1 aromatic rings. The van der Waals surface area contributed by atoms with Gasteiger partial charge in [0.2, 0.25) is 0 Å². The SMILES string of the molecule is ClC(Cl)=C(Cl)c1cc(Cl)c(Cl)c(Cl)c1Cl. The first-order valence-corrected chi connectivity index (χ1v) is 6.05. The standard InChI is InChI=1S/C8HCl7/c9-3-1-2(5(11)8(14)15)4(10)7(13)6(3)12/h1H. The molecule has 0 radical (unpaired) electrons. The quantitative estimate of drug-likeness (QED) is 0.395. The minimum atomic E-state index is -0.131. The van der Waals surface area contributed by atoms with Crippen LogP contribution in [0.15, 0.2) is 10.6 Å². The Morgan fingerprint density at radius 3 is 1.80 bits per heavy atom. The van der Waals surface area contributed by atoms with Crippen LogP contribution in [0, 0.1) is 0 Å². The van der Waals surface area contributed by atoms with Crippen molar-refractivity contribution in [3.05, 3.63) is 36.2 Å². The van der Waals surface area contributed by atoms with E-state index in [0.717, 1.165) is 0 Å². The van der Waals surface area contributed by atoms with Gasteiger partial charge in [0.15, 0.2) is 0 Å². The summed E-state index contributed by atoms with van der Waals surface area (Å²) in [5.74, 6) is 0. The smallest absolute Gasteiger partial charge is 0.0826 e. The summed E-state index contributed by atoms with van der Waals surface area (Å²) in [5.41, 5.74) is 0.331. The topological polar surface area (TPSA) is 0 Å². The second-order valence-corrected chi connectivity index (χ2v) is 5.29.